The largest absolute Gasteiger partial charge is 0.618 e. The van der Waals surface area contributed by atoms with Crippen LogP contribution in [-0.2, 0) is 0 Å². The lowest BCUT2D eigenvalue weighted by Gasteiger charge is -2.05. The van der Waals surface area contributed by atoms with E-state index in [9.17, 15) is 10.0 Å². The van der Waals surface area contributed by atoms with Gasteiger partial charge in [-0.05, 0) is 51.3 Å². The number of halogens is 1. The Bertz CT molecular complexity index is 976. The SMILES string of the molecule is O=C1C(c2ccc(-c3ccccc3)cc2)=[N+]([O-])c2c(Br)cccc21. The van der Waals surface area contributed by atoms with Crippen molar-refractivity contribution in [3.63, 3.8) is 0 Å². The molecule has 0 fully saturated rings. The van der Waals surface area contributed by atoms with E-state index < -0.39 is 0 Å². The monoisotopic (exact) mass is 377 g/mol. The first kappa shape index (κ1) is 14.8. The zero-order chi connectivity index (χ0) is 16.7. The lowest BCUT2D eigenvalue weighted by atomic mass is 9.99. The molecule has 24 heavy (non-hydrogen) atoms. The highest BCUT2D eigenvalue weighted by atomic mass is 79.9. The summed E-state index contributed by atoms with van der Waals surface area (Å²) in [4.78, 5) is 12.6. The molecule has 1 aliphatic rings. The van der Waals surface area contributed by atoms with E-state index in [1.165, 1.54) is 0 Å². The molecule has 0 aliphatic carbocycles. The summed E-state index contributed by atoms with van der Waals surface area (Å²) in [5.74, 6) is -0.242. The number of Topliss-reactive ketones (excluding diaryl/α,β-unsaturated/α-hetero) is 1. The van der Waals surface area contributed by atoms with Gasteiger partial charge in [-0.1, -0.05) is 48.5 Å². The number of carbonyl (C=O) groups is 1. The van der Waals surface area contributed by atoms with Gasteiger partial charge in [-0.2, -0.15) is 4.74 Å². The highest BCUT2D eigenvalue weighted by Gasteiger charge is 2.37. The Labute approximate surface area is 147 Å². The molecule has 1 aliphatic heterocycles. The molecule has 0 radical (unpaired) electrons. The normalized spacial score (nSPS) is 13.3. The van der Waals surface area contributed by atoms with Crippen LogP contribution in [0.5, 0.6) is 0 Å². The van der Waals surface area contributed by atoms with Gasteiger partial charge in [0.05, 0.1) is 10.0 Å². The van der Waals surface area contributed by atoms with Crippen molar-refractivity contribution in [3.8, 4) is 11.1 Å². The Kier molecular flexibility index (Phi) is 3.54. The van der Waals surface area contributed by atoms with Crippen molar-refractivity contribution in [2.75, 3.05) is 0 Å². The second kappa shape index (κ2) is 5.73. The van der Waals surface area contributed by atoms with E-state index in [0.29, 0.717) is 21.3 Å². The second-order valence-electron chi connectivity index (χ2n) is 5.55. The van der Waals surface area contributed by atoms with Gasteiger partial charge in [-0.25, -0.2) is 0 Å². The number of benzene rings is 3. The third kappa shape index (κ3) is 2.27. The van der Waals surface area contributed by atoms with Crippen molar-refractivity contribution in [1.82, 2.24) is 0 Å². The molecule has 3 aromatic carbocycles. The van der Waals surface area contributed by atoms with Gasteiger partial charge < -0.3 is 5.21 Å². The van der Waals surface area contributed by atoms with E-state index in [2.05, 4.69) is 15.9 Å². The molecule has 0 unspecified atom stereocenters. The average molecular weight is 378 g/mol. The number of hydrogen-bond donors (Lipinski definition) is 0. The van der Waals surface area contributed by atoms with Crippen molar-refractivity contribution in [2.45, 2.75) is 0 Å². The Hall–Kier alpha value is -2.72. The molecular formula is C20H12BrNO2. The topological polar surface area (TPSA) is 43.1 Å². The van der Waals surface area contributed by atoms with E-state index >= 15 is 0 Å². The van der Waals surface area contributed by atoms with Crippen molar-refractivity contribution >= 4 is 33.1 Å². The first-order valence-electron chi connectivity index (χ1n) is 7.50. The number of para-hydroxylation sites is 1. The summed E-state index contributed by atoms with van der Waals surface area (Å²) in [5.41, 5.74) is 3.73. The van der Waals surface area contributed by atoms with Crippen LogP contribution in [0.2, 0.25) is 0 Å². The first-order valence-corrected chi connectivity index (χ1v) is 8.29. The third-order valence-corrected chi connectivity index (χ3v) is 4.76. The van der Waals surface area contributed by atoms with E-state index in [-0.39, 0.29) is 11.5 Å². The minimum atomic E-state index is -0.242. The van der Waals surface area contributed by atoms with Crippen molar-refractivity contribution in [2.24, 2.45) is 0 Å². The van der Waals surface area contributed by atoms with Gasteiger partial charge in [0.25, 0.3) is 11.5 Å². The molecule has 0 amide bonds. The van der Waals surface area contributed by atoms with Crippen molar-refractivity contribution in [1.29, 1.82) is 0 Å². The number of fused-ring (bicyclic) bond motifs is 1. The Morgan fingerprint density at radius 3 is 2.04 bits per heavy atom. The molecule has 0 saturated carbocycles. The van der Waals surface area contributed by atoms with E-state index in [1.807, 2.05) is 54.6 Å². The zero-order valence-electron chi connectivity index (χ0n) is 12.6. The van der Waals surface area contributed by atoms with Crippen LogP contribution in [0.15, 0.2) is 77.3 Å². The van der Waals surface area contributed by atoms with Crippen LogP contribution in [0.1, 0.15) is 15.9 Å². The molecule has 3 nitrogen and oxygen atoms in total. The molecule has 4 rings (SSSR count). The summed E-state index contributed by atoms with van der Waals surface area (Å²) in [6.07, 6.45) is 0. The van der Waals surface area contributed by atoms with Gasteiger partial charge in [-0.3, -0.25) is 4.79 Å². The smallest absolute Gasteiger partial charge is 0.272 e. The number of ketones is 1. The highest BCUT2D eigenvalue weighted by molar-refractivity contribution is 9.10. The predicted octanol–water partition coefficient (Wildman–Crippen LogP) is 4.94. The van der Waals surface area contributed by atoms with Crippen LogP contribution < -0.4 is 0 Å². The Morgan fingerprint density at radius 2 is 1.38 bits per heavy atom. The summed E-state index contributed by atoms with van der Waals surface area (Å²) in [6, 6.07) is 22.7. The highest BCUT2D eigenvalue weighted by Crippen LogP contribution is 2.35. The lowest BCUT2D eigenvalue weighted by molar-refractivity contribution is -0.356. The van der Waals surface area contributed by atoms with Crippen LogP contribution in [-0.4, -0.2) is 16.2 Å². The fourth-order valence-corrected chi connectivity index (χ4v) is 3.46. The van der Waals surface area contributed by atoms with Gasteiger partial charge in [0, 0.05) is 0 Å². The molecular weight excluding hydrogens is 366 g/mol. The number of hydrogen-bond acceptors (Lipinski definition) is 2. The Balaban J connectivity index is 1.78. The van der Waals surface area contributed by atoms with Gasteiger partial charge in [0.1, 0.15) is 5.56 Å². The van der Waals surface area contributed by atoms with Gasteiger partial charge in [0.2, 0.25) is 5.69 Å². The number of carbonyl (C=O) groups excluding carboxylic acids is 1. The second-order valence-corrected chi connectivity index (χ2v) is 6.41. The molecule has 0 atom stereocenters. The van der Waals surface area contributed by atoms with E-state index in [0.717, 1.165) is 15.9 Å². The third-order valence-electron chi connectivity index (χ3n) is 4.12. The summed E-state index contributed by atoms with van der Waals surface area (Å²) in [5, 5.41) is 12.6. The summed E-state index contributed by atoms with van der Waals surface area (Å²) < 4.78 is 1.35. The van der Waals surface area contributed by atoms with Crippen LogP contribution >= 0.6 is 15.9 Å². The summed E-state index contributed by atoms with van der Waals surface area (Å²) in [6.45, 7) is 0. The molecule has 0 saturated heterocycles. The van der Waals surface area contributed by atoms with Crippen molar-refractivity contribution in [3.05, 3.63) is 93.6 Å². The van der Waals surface area contributed by atoms with Gasteiger partial charge >= 0.3 is 0 Å². The maximum absolute atomic E-state index is 12.6. The number of nitrogens with zero attached hydrogens (tertiary/aromatic N) is 1. The summed E-state index contributed by atoms with van der Waals surface area (Å²) >= 11 is 3.35. The maximum atomic E-state index is 12.6. The molecule has 0 N–H and O–H groups in total. The number of rotatable bonds is 2. The minimum Gasteiger partial charge on any atom is -0.618 e. The van der Waals surface area contributed by atoms with Crippen molar-refractivity contribution < 1.29 is 9.53 Å². The maximum Gasteiger partial charge on any atom is 0.272 e. The molecule has 0 bridgehead atoms. The molecule has 3 aromatic rings. The van der Waals surface area contributed by atoms with Gasteiger partial charge in [-0.15, -0.1) is 0 Å². The molecule has 1 heterocycles. The molecule has 116 valence electrons. The molecule has 4 heteroatoms. The van der Waals surface area contributed by atoms with Crippen LogP contribution in [0.4, 0.5) is 5.69 Å². The zero-order valence-corrected chi connectivity index (χ0v) is 14.2. The Morgan fingerprint density at radius 1 is 0.750 bits per heavy atom. The fourth-order valence-electron chi connectivity index (χ4n) is 2.94. The van der Waals surface area contributed by atoms with E-state index in [1.54, 1.807) is 18.2 Å². The van der Waals surface area contributed by atoms with Crippen LogP contribution in [0, 0.1) is 5.21 Å². The quantitative estimate of drug-likeness (QED) is 0.468. The summed E-state index contributed by atoms with van der Waals surface area (Å²) in [7, 11) is 0. The van der Waals surface area contributed by atoms with Crippen LogP contribution in [0.3, 0.4) is 0 Å². The predicted molar refractivity (Wildman–Crippen MR) is 97.7 cm³/mol. The first-order chi connectivity index (χ1) is 11.7. The average Bonchev–Trinajstić information content (AvgIpc) is 2.88. The minimum absolute atomic E-state index is 0.163. The fraction of sp³-hybridized carbons (Fsp3) is 0. The lowest BCUT2D eigenvalue weighted by Crippen LogP contribution is -2.16. The van der Waals surface area contributed by atoms with Crippen LogP contribution in [0.25, 0.3) is 11.1 Å². The van der Waals surface area contributed by atoms with E-state index in [4.69, 9.17) is 0 Å². The molecule has 0 aromatic heterocycles. The molecule has 0 spiro atoms. The van der Waals surface area contributed by atoms with Gasteiger partial charge in [0.15, 0.2) is 0 Å². The standard InChI is InChI=1S/C20H12BrNO2/c21-17-8-4-7-16-19(17)22(24)18(20(16)23)15-11-9-14(10-12-15)13-5-2-1-3-6-13/h1-12H.